The highest BCUT2D eigenvalue weighted by molar-refractivity contribution is 7.98. The van der Waals surface area contributed by atoms with Crippen molar-refractivity contribution in [2.24, 2.45) is 0 Å². The van der Waals surface area contributed by atoms with Gasteiger partial charge in [-0.2, -0.15) is 0 Å². The van der Waals surface area contributed by atoms with Gasteiger partial charge in [-0.25, -0.2) is 9.78 Å². The molecule has 0 aliphatic carbocycles. The molecule has 4 rings (SSSR count). The summed E-state index contributed by atoms with van der Waals surface area (Å²) in [6.07, 6.45) is 0.523. The van der Waals surface area contributed by atoms with Crippen LogP contribution in [0.1, 0.15) is 27.7 Å². The molecule has 0 aliphatic rings. The van der Waals surface area contributed by atoms with E-state index in [-0.39, 0.29) is 5.63 Å². The number of fused-ring (bicyclic) bond motifs is 1. The first-order chi connectivity index (χ1) is 12.6. The molecule has 26 heavy (non-hydrogen) atoms. The first-order valence-corrected chi connectivity index (χ1v) is 9.83. The summed E-state index contributed by atoms with van der Waals surface area (Å²) >= 11 is 3.00. The lowest BCUT2D eigenvalue weighted by Gasteiger charge is -2.04. The topological polar surface area (TPSA) is 82.0 Å². The molecular formula is C18H15N3O3S2. The van der Waals surface area contributed by atoms with Crippen molar-refractivity contribution in [2.75, 3.05) is 0 Å². The number of aryl methyl sites for hydroxylation is 2. The van der Waals surface area contributed by atoms with Crippen LogP contribution < -0.4 is 5.63 Å². The molecule has 3 heterocycles. The fraction of sp³-hybridized carbons (Fsp3) is 0.222. The van der Waals surface area contributed by atoms with Crippen molar-refractivity contribution in [3.63, 3.8) is 0 Å². The third-order valence-corrected chi connectivity index (χ3v) is 5.47. The largest absolute Gasteiger partial charge is 0.423 e. The van der Waals surface area contributed by atoms with Gasteiger partial charge in [0.25, 0.3) is 5.22 Å². The van der Waals surface area contributed by atoms with Crippen LogP contribution in [0, 0.1) is 13.8 Å². The van der Waals surface area contributed by atoms with Crippen molar-refractivity contribution in [1.29, 1.82) is 0 Å². The number of thiazole rings is 1. The molecule has 0 aliphatic heterocycles. The van der Waals surface area contributed by atoms with Gasteiger partial charge in [0, 0.05) is 22.6 Å². The second kappa shape index (κ2) is 7.05. The van der Waals surface area contributed by atoms with Gasteiger partial charge in [-0.05, 0) is 31.0 Å². The molecule has 1 aromatic carbocycles. The summed E-state index contributed by atoms with van der Waals surface area (Å²) < 4.78 is 11.0. The Morgan fingerprint density at radius 2 is 2.04 bits per heavy atom. The number of thioether (sulfide) groups is 1. The van der Waals surface area contributed by atoms with Gasteiger partial charge in [0.15, 0.2) is 0 Å². The molecule has 0 spiro atoms. The van der Waals surface area contributed by atoms with Gasteiger partial charge < -0.3 is 8.83 Å². The zero-order valence-corrected chi connectivity index (χ0v) is 15.8. The molecule has 132 valence electrons. The summed E-state index contributed by atoms with van der Waals surface area (Å²) in [5.74, 6) is 1.08. The molecule has 3 aromatic heterocycles. The van der Waals surface area contributed by atoms with Gasteiger partial charge in [0.2, 0.25) is 5.89 Å². The number of hydrogen-bond donors (Lipinski definition) is 0. The summed E-state index contributed by atoms with van der Waals surface area (Å²) in [6, 6.07) is 7.34. The Hall–Kier alpha value is -2.45. The maximum atomic E-state index is 11.8. The Labute approximate surface area is 157 Å². The van der Waals surface area contributed by atoms with E-state index in [1.54, 1.807) is 11.3 Å². The van der Waals surface area contributed by atoms with Crippen LogP contribution in [0.25, 0.3) is 11.0 Å². The maximum Gasteiger partial charge on any atom is 0.336 e. The van der Waals surface area contributed by atoms with Crippen LogP contribution in [0.4, 0.5) is 0 Å². The van der Waals surface area contributed by atoms with Crippen LogP contribution in [0.2, 0.25) is 0 Å². The minimum absolute atomic E-state index is 0.358. The molecule has 6 nitrogen and oxygen atoms in total. The normalized spacial score (nSPS) is 11.3. The SMILES string of the molecule is Cc1ccc2c(CSc3nnc(Cc4csc(C)n4)o3)cc(=O)oc2c1. The van der Waals surface area contributed by atoms with Crippen LogP contribution in [0.3, 0.4) is 0 Å². The predicted octanol–water partition coefficient (Wildman–Crippen LogP) is 4.13. The van der Waals surface area contributed by atoms with Gasteiger partial charge in [0.05, 0.1) is 17.1 Å². The minimum atomic E-state index is -0.358. The van der Waals surface area contributed by atoms with E-state index in [0.29, 0.717) is 28.9 Å². The highest BCUT2D eigenvalue weighted by Crippen LogP contribution is 2.26. The van der Waals surface area contributed by atoms with E-state index in [9.17, 15) is 4.79 Å². The van der Waals surface area contributed by atoms with Crippen LogP contribution in [0.15, 0.2) is 48.5 Å². The smallest absolute Gasteiger partial charge is 0.336 e. The molecule has 0 bridgehead atoms. The lowest BCUT2D eigenvalue weighted by atomic mass is 10.1. The van der Waals surface area contributed by atoms with Gasteiger partial charge in [-0.3, -0.25) is 0 Å². The van der Waals surface area contributed by atoms with E-state index in [1.807, 2.05) is 37.4 Å². The first-order valence-electron chi connectivity index (χ1n) is 7.96. The third-order valence-electron chi connectivity index (χ3n) is 3.78. The average Bonchev–Trinajstić information content (AvgIpc) is 3.21. The van der Waals surface area contributed by atoms with Crippen LogP contribution >= 0.6 is 23.1 Å². The molecule has 8 heteroatoms. The molecule has 0 atom stereocenters. The molecule has 0 saturated carbocycles. The summed E-state index contributed by atoms with van der Waals surface area (Å²) in [5, 5.41) is 12.5. The van der Waals surface area contributed by atoms with Gasteiger partial charge in [-0.1, -0.05) is 23.9 Å². The van der Waals surface area contributed by atoms with Gasteiger partial charge in [0.1, 0.15) is 5.58 Å². The summed E-state index contributed by atoms with van der Waals surface area (Å²) in [6.45, 7) is 3.93. The summed E-state index contributed by atoms with van der Waals surface area (Å²) in [4.78, 5) is 16.2. The molecule has 0 saturated heterocycles. The van der Waals surface area contributed by atoms with Crippen LogP contribution in [0.5, 0.6) is 0 Å². The van der Waals surface area contributed by atoms with E-state index >= 15 is 0 Å². The van der Waals surface area contributed by atoms with E-state index < -0.39 is 0 Å². The fourth-order valence-electron chi connectivity index (χ4n) is 2.61. The second-order valence-corrected chi connectivity index (χ2v) is 7.86. The van der Waals surface area contributed by atoms with Crippen molar-refractivity contribution in [3.05, 3.63) is 67.8 Å². The van der Waals surface area contributed by atoms with Gasteiger partial charge >= 0.3 is 5.63 Å². The van der Waals surface area contributed by atoms with Crippen LogP contribution in [-0.2, 0) is 12.2 Å². The second-order valence-electron chi connectivity index (χ2n) is 5.88. The minimum Gasteiger partial charge on any atom is -0.423 e. The predicted molar refractivity (Wildman–Crippen MR) is 101 cm³/mol. The first kappa shape index (κ1) is 17.0. The Morgan fingerprint density at radius 3 is 2.85 bits per heavy atom. The zero-order chi connectivity index (χ0) is 18.1. The maximum absolute atomic E-state index is 11.8. The fourth-order valence-corrected chi connectivity index (χ4v) is 3.99. The Kier molecular flexibility index (Phi) is 4.60. The van der Waals surface area contributed by atoms with Crippen molar-refractivity contribution >= 4 is 34.1 Å². The summed E-state index contributed by atoms with van der Waals surface area (Å²) in [7, 11) is 0. The number of benzene rings is 1. The number of hydrogen-bond acceptors (Lipinski definition) is 8. The molecule has 0 N–H and O–H groups in total. The van der Waals surface area contributed by atoms with Gasteiger partial charge in [-0.15, -0.1) is 21.5 Å². The lowest BCUT2D eigenvalue weighted by molar-refractivity contribution is 0.419. The molecule has 0 amide bonds. The number of nitrogens with zero attached hydrogens (tertiary/aromatic N) is 3. The van der Waals surface area contributed by atoms with E-state index in [4.69, 9.17) is 8.83 Å². The molecular weight excluding hydrogens is 370 g/mol. The molecule has 0 radical (unpaired) electrons. The molecule has 0 fully saturated rings. The highest BCUT2D eigenvalue weighted by atomic mass is 32.2. The Balaban J connectivity index is 1.51. The standard InChI is InChI=1S/C18H15N3O3S2/c1-10-3-4-14-12(6-17(22)23-15(14)5-10)8-26-18-21-20-16(24-18)7-13-9-25-11(2)19-13/h3-6,9H,7-8H2,1-2H3. The number of aromatic nitrogens is 3. The Morgan fingerprint density at radius 1 is 1.15 bits per heavy atom. The van der Waals surface area contributed by atoms with Crippen molar-refractivity contribution < 1.29 is 8.83 Å². The van der Waals surface area contributed by atoms with Crippen molar-refractivity contribution in [3.8, 4) is 0 Å². The summed E-state index contributed by atoms with van der Waals surface area (Å²) in [5.41, 5.74) is 3.09. The average molecular weight is 385 g/mol. The lowest BCUT2D eigenvalue weighted by Crippen LogP contribution is -2.00. The number of rotatable bonds is 5. The van der Waals surface area contributed by atoms with E-state index in [1.165, 1.54) is 17.8 Å². The quantitative estimate of drug-likeness (QED) is 0.377. The Bertz CT molecular complexity index is 1130. The van der Waals surface area contributed by atoms with Crippen molar-refractivity contribution in [2.45, 2.75) is 31.2 Å². The monoisotopic (exact) mass is 385 g/mol. The van der Waals surface area contributed by atoms with Crippen molar-refractivity contribution in [1.82, 2.24) is 15.2 Å². The van der Waals surface area contributed by atoms with E-state index in [2.05, 4.69) is 15.2 Å². The third kappa shape index (κ3) is 3.71. The van der Waals surface area contributed by atoms with Crippen LogP contribution in [-0.4, -0.2) is 15.2 Å². The molecule has 4 aromatic rings. The van der Waals surface area contributed by atoms with E-state index in [0.717, 1.165) is 27.2 Å². The zero-order valence-electron chi connectivity index (χ0n) is 14.2. The highest BCUT2D eigenvalue weighted by Gasteiger charge is 2.12. The molecule has 0 unspecified atom stereocenters.